The number of nitrogens with zero attached hydrogens (tertiary/aromatic N) is 1. The van der Waals surface area contributed by atoms with Crippen LogP contribution >= 0.6 is 0 Å². The summed E-state index contributed by atoms with van der Waals surface area (Å²) in [5.41, 5.74) is 2.80. The second-order valence-electron chi connectivity index (χ2n) is 6.50. The van der Waals surface area contributed by atoms with Crippen molar-refractivity contribution >= 4 is 27.5 Å². The maximum atomic E-state index is 12.3. The van der Waals surface area contributed by atoms with E-state index >= 15 is 0 Å². The Morgan fingerprint density at radius 3 is 2.27 bits per heavy atom. The number of nitrogens with one attached hydrogen (secondary N) is 1. The van der Waals surface area contributed by atoms with Gasteiger partial charge in [0.1, 0.15) is 0 Å². The van der Waals surface area contributed by atoms with Crippen LogP contribution in [0.4, 0.5) is 5.69 Å². The van der Waals surface area contributed by atoms with Crippen molar-refractivity contribution in [3.8, 4) is 0 Å². The van der Waals surface area contributed by atoms with E-state index in [0.29, 0.717) is 12.1 Å². The highest BCUT2D eigenvalue weighted by atomic mass is 32.2. The first kappa shape index (κ1) is 18.1. The van der Waals surface area contributed by atoms with Crippen LogP contribution in [0.3, 0.4) is 0 Å². The summed E-state index contributed by atoms with van der Waals surface area (Å²) in [5, 5.41) is 2.82. The van der Waals surface area contributed by atoms with Gasteiger partial charge in [-0.3, -0.25) is 9.59 Å². The Bertz CT molecular complexity index is 935. The van der Waals surface area contributed by atoms with Gasteiger partial charge in [0.05, 0.1) is 17.4 Å². The predicted molar refractivity (Wildman–Crippen MR) is 99.2 cm³/mol. The molecule has 0 aliphatic carbocycles. The van der Waals surface area contributed by atoms with Crippen molar-refractivity contribution in [3.05, 3.63) is 65.2 Å². The van der Waals surface area contributed by atoms with E-state index in [-0.39, 0.29) is 17.3 Å². The van der Waals surface area contributed by atoms with Gasteiger partial charge < -0.3 is 5.32 Å². The van der Waals surface area contributed by atoms with Crippen molar-refractivity contribution in [2.75, 3.05) is 10.1 Å². The van der Waals surface area contributed by atoms with Crippen molar-refractivity contribution < 1.29 is 18.0 Å². The number of carbonyl (C=O) groups excluding carboxylic acids is 2. The molecule has 0 spiro atoms. The van der Waals surface area contributed by atoms with Crippen LogP contribution in [-0.4, -0.2) is 26.0 Å². The van der Waals surface area contributed by atoms with E-state index < -0.39 is 21.8 Å². The van der Waals surface area contributed by atoms with Crippen LogP contribution in [0.2, 0.25) is 0 Å². The number of anilines is 1. The highest BCUT2D eigenvalue weighted by molar-refractivity contribution is 7.94. The molecule has 0 unspecified atom stereocenters. The predicted octanol–water partition coefficient (Wildman–Crippen LogP) is 2.24. The summed E-state index contributed by atoms with van der Waals surface area (Å²) in [6.07, 6.45) is 0. The number of hydrogen-bond acceptors (Lipinski definition) is 4. The summed E-state index contributed by atoms with van der Waals surface area (Å²) >= 11 is 0. The lowest BCUT2D eigenvalue weighted by Crippen LogP contribution is -2.30. The lowest BCUT2D eigenvalue weighted by molar-refractivity contribution is -0.119. The fourth-order valence-electron chi connectivity index (χ4n) is 2.83. The summed E-state index contributed by atoms with van der Waals surface area (Å²) in [4.78, 5) is 24.3. The van der Waals surface area contributed by atoms with E-state index in [2.05, 4.69) is 5.32 Å². The van der Waals surface area contributed by atoms with Crippen molar-refractivity contribution in [3.63, 3.8) is 0 Å². The third-order valence-electron chi connectivity index (χ3n) is 4.30. The van der Waals surface area contributed by atoms with Crippen molar-refractivity contribution in [2.45, 2.75) is 20.4 Å². The van der Waals surface area contributed by atoms with E-state index in [1.54, 1.807) is 6.92 Å². The van der Waals surface area contributed by atoms with Crippen LogP contribution in [-0.2, 0) is 21.4 Å². The highest BCUT2D eigenvalue weighted by Gasteiger charge is 2.41. The first-order chi connectivity index (χ1) is 12.3. The number of aryl methyl sites for hydroxylation is 1. The van der Waals surface area contributed by atoms with Gasteiger partial charge in [-0.25, -0.2) is 12.7 Å². The highest BCUT2D eigenvalue weighted by Crippen LogP contribution is 2.28. The average Bonchev–Trinajstić information content (AvgIpc) is 2.81. The third kappa shape index (κ3) is 3.62. The summed E-state index contributed by atoms with van der Waals surface area (Å²) in [6, 6.07) is 13.8. The zero-order valence-corrected chi connectivity index (χ0v) is 15.4. The van der Waals surface area contributed by atoms with Gasteiger partial charge in [-0.05, 0) is 36.8 Å². The molecule has 7 heteroatoms. The van der Waals surface area contributed by atoms with Gasteiger partial charge in [0.25, 0.3) is 5.91 Å². The Labute approximate surface area is 152 Å². The first-order valence-electron chi connectivity index (χ1n) is 8.28. The zero-order valence-electron chi connectivity index (χ0n) is 14.6. The zero-order chi connectivity index (χ0) is 18.9. The van der Waals surface area contributed by atoms with Crippen LogP contribution in [0, 0.1) is 12.8 Å². The minimum Gasteiger partial charge on any atom is -0.348 e. The minimum atomic E-state index is -3.64. The molecule has 0 bridgehead atoms. The number of rotatable bonds is 4. The fraction of sp³-hybridized carbons (Fsp3) is 0.263. The van der Waals surface area contributed by atoms with Crippen molar-refractivity contribution in [2.24, 2.45) is 5.92 Å². The second-order valence-corrected chi connectivity index (χ2v) is 8.36. The molecule has 0 radical (unpaired) electrons. The van der Waals surface area contributed by atoms with Crippen LogP contribution in [0.25, 0.3) is 0 Å². The number of carbonyl (C=O) groups is 2. The van der Waals surface area contributed by atoms with Crippen LogP contribution < -0.4 is 9.62 Å². The van der Waals surface area contributed by atoms with E-state index in [0.717, 1.165) is 15.4 Å². The SMILES string of the molecule is Cc1ccc(CNC(=O)c2ccc(N3C(=O)[C@@H](C)CS3(=O)=O)cc2)cc1. The van der Waals surface area contributed by atoms with Gasteiger partial charge in [-0.2, -0.15) is 0 Å². The minimum absolute atomic E-state index is 0.190. The Kier molecular flexibility index (Phi) is 4.82. The van der Waals surface area contributed by atoms with Gasteiger partial charge in [0, 0.05) is 12.1 Å². The molecule has 2 amide bonds. The van der Waals surface area contributed by atoms with Crippen molar-refractivity contribution in [1.29, 1.82) is 0 Å². The van der Waals surface area contributed by atoms with E-state index in [4.69, 9.17) is 0 Å². The molecule has 1 N–H and O–H groups in total. The number of benzene rings is 2. The summed E-state index contributed by atoms with van der Waals surface area (Å²) < 4.78 is 25.0. The smallest absolute Gasteiger partial charge is 0.251 e. The van der Waals surface area contributed by atoms with E-state index in [1.807, 2.05) is 31.2 Å². The standard InChI is InChI=1S/C19H20N2O4S/c1-13-3-5-15(6-4-13)11-20-18(22)16-7-9-17(10-8-16)21-19(23)14(2)12-26(21,24)25/h3-10,14H,11-12H2,1-2H3,(H,20,22)/t14-/m0/s1. The molecular formula is C19H20N2O4S. The molecular weight excluding hydrogens is 352 g/mol. The van der Waals surface area contributed by atoms with E-state index in [9.17, 15) is 18.0 Å². The first-order valence-corrected chi connectivity index (χ1v) is 9.89. The Morgan fingerprint density at radius 2 is 1.73 bits per heavy atom. The van der Waals surface area contributed by atoms with Gasteiger partial charge in [-0.1, -0.05) is 36.8 Å². The molecule has 1 aliphatic heterocycles. The lowest BCUT2D eigenvalue weighted by atomic mass is 10.1. The Hall–Kier alpha value is -2.67. The number of sulfonamides is 1. The molecule has 3 rings (SSSR count). The maximum absolute atomic E-state index is 12.3. The fourth-order valence-corrected chi connectivity index (χ4v) is 4.65. The monoisotopic (exact) mass is 372 g/mol. The Morgan fingerprint density at radius 1 is 1.12 bits per heavy atom. The van der Waals surface area contributed by atoms with Crippen LogP contribution in [0.1, 0.15) is 28.4 Å². The molecule has 1 heterocycles. The topological polar surface area (TPSA) is 83.6 Å². The van der Waals surface area contributed by atoms with Gasteiger partial charge >= 0.3 is 0 Å². The molecule has 6 nitrogen and oxygen atoms in total. The molecule has 1 fully saturated rings. The molecule has 1 aliphatic rings. The lowest BCUT2D eigenvalue weighted by Gasteiger charge is -2.15. The number of amides is 2. The Balaban J connectivity index is 1.70. The molecule has 136 valence electrons. The van der Waals surface area contributed by atoms with Crippen molar-refractivity contribution in [1.82, 2.24) is 5.32 Å². The third-order valence-corrected chi connectivity index (χ3v) is 6.17. The van der Waals surface area contributed by atoms with Gasteiger partial charge in [0.15, 0.2) is 0 Å². The summed E-state index contributed by atoms with van der Waals surface area (Å²) in [7, 11) is -3.64. The van der Waals surface area contributed by atoms with Crippen LogP contribution in [0.15, 0.2) is 48.5 Å². The molecule has 0 aromatic heterocycles. The average molecular weight is 372 g/mol. The van der Waals surface area contributed by atoms with E-state index in [1.165, 1.54) is 24.3 Å². The molecule has 26 heavy (non-hydrogen) atoms. The molecule has 0 saturated carbocycles. The largest absolute Gasteiger partial charge is 0.348 e. The molecule has 2 aromatic carbocycles. The maximum Gasteiger partial charge on any atom is 0.251 e. The summed E-state index contributed by atoms with van der Waals surface area (Å²) in [6.45, 7) is 3.99. The van der Waals surface area contributed by atoms with Crippen LogP contribution in [0.5, 0.6) is 0 Å². The molecule has 2 aromatic rings. The number of hydrogen-bond donors (Lipinski definition) is 1. The van der Waals surface area contributed by atoms with Gasteiger partial charge in [-0.15, -0.1) is 0 Å². The molecule has 1 atom stereocenters. The van der Waals surface area contributed by atoms with Gasteiger partial charge in [0.2, 0.25) is 15.9 Å². The summed E-state index contributed by atoms with van der Waals surface area (Å²) in [5.74, 6) is -1.45. The second kappa shape index (κ2) is 6.92. The molecule has 1 saturated heterocycles. The quantitative estimate of drug-likeness (QED) is 0.892. The normalized spacial score (nSPS) is 18.8.